The topological polar surface area (TPSA) is 77.0 Å². The summed E-state index contributed by atoms with van der Waals surface area (Å²) >= 11 is 0. The minimum Gasteiger partial charge on any atom is -0.481 e. The van der Waals surface area contributed by atoms with Gasteiger partial charge >= 0.3 is 0 Å². The van der Waals surface area contributed by atoms with Crippen molar-refractivity contribution in [2.45, 2.75) is 51.0 Å². The van der Waals surface area contributed by atoms with Gasteiger partial charge in [-0.1, -0.05) is 6.92 Å². The molecule has 4 rings (SSSR count). The van der Waals surface area contributed by atoms with Gasteiger partial charge < -0.3 is 10.1 Å². The highest BCUT2D eigenvalue weighted by molar-refractivity contribution is 5.94. The summed E-state index contributed by atoms with van der Waals surface area (Å²) in [5.41, 5.74) is 2.75. The molecule has 6 nitrogen and oxygen atoms in total. The van der Waals surface area contributed by atoms with E-state index in [-0.39, 0.29) is 11.9 Å². The van der Waals surface area contributed by atoms with Gasteiger partial charge in [0.25, 0.3) is 5.91 Å². The average molecular weight is 405 g/mol. The number of methoxy groups -OCH3 is 1. The van der Waals surface area contributed by atoms with Crippen LogP contribution in [0.5, 0.6) is 5.88 Å². The first kappa shape index (κ1) is 20.3. The molecule has 1 aliphatic carbocycles. The quantitative estimate of drug-likeness (QED) is 0.654. The smallest absolute Gasteiger partial charge is 0.253 e. The average Bonchev–Trinajstić information content (AvgIpc) is 2.82. The van der Waals surface area contributed by atoms with Crippen molar-refractivity contribution in [1.82, 2.24) is 20.3 Å². The predicted molar refractivity (Wildman–Crippen MR) is 117 cm³/mol. The molecule has 0 unspecified atom stereocenters. The van der Waals surface area contributed by atoms with E-state index in [1.54, 1.807) is 31.6 Å². The molecule has 1 saturated carbocycles. The van der Waals surface area contributed by atoms with Gasteiger partial charge in [-0.3, -0.25) is 4.79 Å². The van der Waals surface area contributed by atoms with E-state index in [4.69, 9.17) is 4.74 Å². The highest BCUT2D eigenvalue weighted by atomic mass is 16.5. The number of nitrogens with one attached hydrogen (secondary N) is 1. The summed E-state index contributed by atoms with van der Waals surface area (Å²) in [5, 5.41) is 4.40. The molecule has 0 spiro atoms. The van der Waals surface area contributed by atoms with E-state index in [0.29, 0.717) is 23.3 Å². The summed E-state index contributed by atoms with van der Waals surface area (Å²) in [6.45, 7) is 2.14. The van der Waals surface area contributed by atoms with E-state index in [1.807, 2.05) is 12.3 Å². The van der Waals surface area contributed by atoms with Gasteiger partial charge in [-0.2, -0.15) is 0 Å². The third kappa shape index (κ3) is 4.27. The molecule has 3 aromatic heterocycles. The lowest BCUT2D eigenvalue weighted by Gasteiger charge is -2.34. The van der Waals surface area contributed by atoms with E-state index in [0.717, 1.165) is 43.1 Å². The van der Waals surface area contributed by atoms with Crippen molar-refractivity contribution >= 4 is 16.9 Å². The Kier molecular flexibility index (Phi) is 6.21. The molecular formula is C24H28N4O2. The number of hydrogen-bond donors (Lipinski definition) is 1. The molecule has 1 aliphatic rings. The zero-order chi connectivity index (χ0) is 20.9. The second-order valence-corrected chi connectivity index (χ2v) is 7.96. The minimum absolute atomic E-state index is 0.0645. The molecule has 3 heterocycles. The number of pyridine rings is 3. The molecule has 1 atom stereocenters. The van der Waals surface area contributed by atoms with Gasteiger partial charge in [0.2, 0.25) is 5.88 Å². The van der Waals surface area contributed by atoms with Crippen LogP contribution in [0.15, 0.2) is 48.9 Å². The zero-order valence-electron chi connectivity index (χ0n) is 17.5. The molecular weight excluding hydrogens is 376 g/mol. The Hall–Kier alpha value is -3.02. The van der Waals surface area contributed by atoms with Crippen molar-refractivity contribution in [2.75, 3.05) is 7.11 Å². The number of aromatic nitrogens is 3. The molecule has 0 bridgehead atoms. The Labute approximate surface area is 177 Å². The number of ether oxygens (including phenoxy) is 1. The van der Waals surface area contributed by atoms with Crippen LogP contribution in [0.4, 0.5) is 0 Å². The summed E-state index contributed by atoms with van der Waals surface area (Å²) in [6.07, 6.45) is 10.6. The van der Waals surface area contributed by atoms with Crippen LogP contribution in [-0.2, 0) is 0 Å². The molecule has 1 fully saturated rings. The Morgan fingerprint density at radius 3 is 2.60 bits per heavy atom. The first-order valence-corrected chi connectivity index (χ1v) is 10.7. The first-order chi connectivity index (χ1) is 14.7. The third-order valence-electron chi connectivity index (χ3n) is 6.29. The second-order valence-electron chi connectivity index (χ2n) is 7.96. The van der Waals surface area contributed by atoms with Gasteiger partial charge in [-0.25, -0.2) is 15.0 Å². The molecule has 1 amide bonds. The maximum absolute atomic E-state index is 12.7. The Balaban J connectivity index is 1.40. The molecule has 0 aromatic carbocycles. The fourth-order valence-corrected chi connectivity index (χ4v) is 4.63. The zero-order valence-corrected chi connectivity index (χ0v) is 17.5. The van der Waals surface area contributed by atoms with Crippen LogP contribution in [0, 0.1) is 5.92 Å². The van der Waals surface area contributed by atoms with Crippen molar-refractivity contribution in [3.8, 4) is 5.88 Å². The van der Waals surface area contributed by atoms with E-state index in [2.05, 4.69) is 39.3 Å². The number of amides is 1. The molecule has 0 radical (unpaired) electrons. The van der Waals surface area contributed by atoms with E-state index in [9.17, 15) is 4.79 Å². The van der Waals surface area contributed by atoms with E-state index >= 15 is 0 Å². The van der Waals surface area contributed by atoms with Crippen LogP contribution in [0.25, 0.3) is 11.0 Å². The van der Waals surface area contributed by atoms with E-state index in [1.165, 1.54) is 5.56 Å². The molecule has 1 N–H and O–H groups in total. The van der Waals surface area contributed by atoms with E-state index < -0.39 is 0 Å². The molecule has 6 heteroatoms. The van der Waals surface area contributed by atoms with Crippen molar-refractivity contribution in [3.63, 3.8) is 0 Å². The lowest BCUT2D eigenvalue weighted by atomic mass is 9.75. The lowest BCUT2D eigenvalue weighted by Crippen LogP contribution is -2.41. The molecule has 156 valence electrons. The fraction of sp³-hybridized carbons (Fsp3) is 0.417. The van der Waals surface area contributed by atoms with Gasteiger partial charge in [-0.15, -0.1) is 0 Å². The lowest BCUT2D eigenvalue weighted by molar-refractivity contribution is 0.0909. The number of carbonyl (C=O) groups excluding carboxylic acids is 1. The third-order valence-corrected chi connectivity index (χ3v) is 6.29. The summed E-state index contributed by atoms with van der Waals surface area (Å²) in [6, 6.07) is 9.90. The monoisotopic (exact) mass is 404 g/mol. The maximum Gasteiger partial charge on any atom is 0.253 e. The Morgan fingerprint density at radius 2 is 1.90 bits per heavy atom. The van der Waals surface area contributed by atoms with Crippen molar-refractivity contribution < 1.29 is 9.53 Å². The van der Waals surface area contributed by atoms with Crippen LogP contribution in [0.2, 0.25) is 0 Å². The number of fused-ring (bicyclic) bond motifs is 1. The molecule has 3 aromatic rings. The predicted octanol–water partition coefficient (Wildman–Crippen LogP) is 4.52. The number of rotatable bonds is 6. The summed E-state index contributed by atoms with van der Waals surface area (Å²) < 4.78 is 5.07. The van der Waals surface area contributed by atoms with Gasteiger partial charge in [0.05, 0.1) is 12.7 Å². The Morgan fingerprint density at radius 1 is 1.10 bits per heavy atom. The highest BCUT2D eigenvalue weighted by Gasteiger charge is 2.29. The van der Waals surface area contributed by atoms with Crippen LogP contribution in [0.1, 0.15) is 60.9 Å². The first-order valence-electron chi connectivity index (χ1n) is 10.7. The number of hydrogen-bond acceptors (Lipinski definition) is 5. The van der Waals surface area contributed by atoms with Gasteiger partial charge in [0, 0.05) is 36.1 Å². The SMILES string of the molecule is CC[C@@H](NC(=O)c1ccc(OC)nc1)C1CCC(c2ccnc3ncccc23)CC1. The van der Waals surface area contributed by atoms with Crippen LogP contribution < -0.4 is 10.1 Å². The van der Waals surface area contributed by atoms with Crippen LogP contribution >= 0.6 is 0 Å². The van der Waals surface area contributed by atoms with Crippen molar-refractivity contribution in [2.24, 2.45) is 5.92 Å². The van der Waals surface area contributed by atoms with Gasteiger partial charge in [0.1, 0.15) is 0 Å². The van der Waals surface area contributed by atoms with Crippen LogP contribution in [-0.4, -0.2) is 34.0 Å². The summed E-state index contributed by atoms with van der Waals surface area (Å²) in [7, 11) is 1.57. The van der Waals surface area contributed by atoms with Gasteiger partial charge in [0.15, 0.2) is 5.65 Å². The molecule has 30 heavy (non-hydrogen) atoms. The highest BCUT2D eigenvalue weighted by Crippen LogP contribution is 2.39. The molecule has 0 aliphatic heterocycles. The number of nitrogens with zero attached hydrogens (tertiary/aromatic N) is 3. The molecule has 0 saturated heterocycles. The standard InChI is InChI=1S/C24H28N4O2/c1-3-21(28-24(29)18-10-11-22(30-2)27-15-18)17-8-6-16(7-9-17)19-12-14-26-23-20(19)5-4-13-25-23/h4-5,10-17,21H,3,6-9H2,1-2H3,(H,28,29)/t16?,17?,21-/m1/s1. The fourth-order valence-electron chi connectivity index (χ4n) is 4.63. The maximum atomic E-state index is 12.7. The summed E-state index contributed by atoms with van der Waals surface area (Å²) in [5.74, 6) is 1.46. The second kappa shape index (κ2) is 9.20. The minimum atomic E-state index is -0.0645. The van der Waals surface area contributed by atoms with Crippen molar-refractivity contribution in [1.29, 1.82) is 0 Å². The normalized spacial score (nSPS) is 19.9. The summed E-state index contributed by atoms with van der Waals surface area (Å²) in [4.78, 5) is 25.6. The van der Waals surface area contributed by atoms with Crippen LogP contribution in [0.3, 0.4) is 0 Å². The largest absolute Gasteiger partial charge is 0.481 e. The number of carbonyl (C=O) groups is 1. The Bertz CT molecular complexity index is 992. The van der Waals surface area contributed by atoms with Gasteiger partial charge in [-0.05, 0) is 73.8 Å². The van der Waals surface area contributed by atoms with Crippen molar-refractivity contribution in [3.05, 3.63) is 60.0 Å².